The Balaban J connectivity index is 1.54. The highest BCUT2D eigenvalue weighted by Gasteiger charge is 2.36. The van der Waals surface area contributed by atoms with Gasteiger partial charge in [-0.3, -0.25) is 14.3 Å². The summed E-state index contributed by atoms with van der Waals surface area (Å²) < 4.78 is 2.01. The lowest BCUT2D eigenvalue weighted by atomic mass is 9.99. The number of rotatable bonds is 3. The summed E-state index contributed by atoms with van der Waals surface area (Å²) in [6.07, 6.45) is 5.01. The van der Waals surface area contributed by atoms with Gasteiger partial charge in [0.15, 0.2) is 5.78 Å². The standard InChI is InChI=1S/C23H28N4O2/c1-15-5-6-19(11-16(15)2)25-10-9-21(22(28)14-25)26-13-20(7-8-23(26)29)27-18(4)12-17(3)24-27/h5-6,9-12,20-21H,7-8,13-14H2,1-4H3. The molecule has 0 N–H and O–H groups in total. The van der Waals surface area contributed by atoms with Gasteiger partial charge in [0.25, 0.3) is 0 Å². The Hall–Kier alpha value is -2.89. The maximum atomic E-state index is 13.0. The van der Waals surface area contributed by atoms with E-state index in [9.17, 15) is 9.59 Å². The van der Waals surface area contributed by atoms with Crippen LogP contribution in [-0.4, -0.2) is 45.5 Å². The van der Waals surface area contributed by atoms with Crippen LogP contribution >= 0.6 is 0 Å². The van der Waals surface area contributed by atoms with Gasteiger partial charge < -0.3 is 9.80 Å². The van der Waals surface area contributed by atoms with Crippen molar-refractivity contribution in [1.29, 1.82) is 0 Å². The first-order valence-corrected chi connectivity index (χ1v) is 10.2. The Kier molecular flexibility index (Phi) is 5.03. The molecule has 0 saturated carbocycles. The first kappa shape index (κ1) is 19.4. The van der Waals surface area contributed by atoms with Crippen LogP contribution < -0.4 is 4.90 Å². The number of benzene rings is 1. The third-order valence-electron chi connectivity index (χ3n) is 6.07. The highest BCUT2D eigenvalue weighted by Crippen LogP contribution is 2.28. The molecule has 0 radical (unpaired) electrons. The molecule has 1 amide bonds. The summed E-state index contributed by atoms with van der Waals surface area (Å²) in [5, 5.41) is 4.59. The number of Topliss-reactive ketones (excluding diaryl/α,β-unsaturated/α-hetero) is 1. The minimum absolute atomic E-state index is 0.0467. The number of carbonyl (C=O) groups excluding carboxylic acids is 2. The number of amides is 1. The molecule has 2 atom stereocenters. The number of hydrogen-bond donors (Lipinski definition) is 0. The highest BCUT2D eigenvalue weighted by atomic mass is 16.2. The summed E-state index contributed by atoms with van der Waals surface area (Å²) in [5.41, 5.74) is 5.50. The Morgan fingerprint density at radius 2 is 1.83 bits per heavy atom. The Labute approximate surface area is 171 Å². The van der Waals surface area contributed by atoms with Crippen molar-refractivity contribution in [1.82, 2.24) is 14.7 Å². The molecular weight excluding hydrogens is 364 g/mol. The van der Waals surface area contributed by atoms with E-state index in [0.717, 1.165) is 23.5 Å². The lowest BCUT2D eigenvalue weighted by Crippen LogP contribution is -2.53. The van der Waals surface area contributed by atoms with Crippen molar-refractivity contribution in [2.45, 2.75) is 52.6 Å². The fourth-order valence-electron chi connectivity index (χ4n) is 4.30. The molecule has 2 aromatic rings. The van der Waals surface area contributed by atoms with Crippen LogP contribution in [0.1, 0.15) is 41.4 Å². The molecule has 6 heteroatoms. The van der Waals surface area contributed by atoms with E-state index in [-0.39, 0.29) is 24.3 Å². The fourth-order valence-corrected chi connectivity index (χ4v) is 4.30. The zero-order valence-corrected chi connectivity index (χ0v) is 17.6. The van der Waals surface area contributed by atoms with E-state index < -0.39 is 6.04 Å². The number of likely N-dealkylation sites (tertiary alicyclic amines) is 1. The van der Waals surface area contributed by atoms with Crippen LogP contribution in [-0.2, 0) is 9.59 Å². The average molecular weight is 393 g/mol. The molecule has 4 rings (SSSR count). The molecule has 2 aliphatic rings. The normalized spacial score (nSPS) is 22.5. The molecular formula is C23H28N4O2. The van der Waals surface area contributed by atoms with Gasteiger partial charge in [0.2, 0.25) is 5.91 Å². The van der Waals surface area contributed by atoms with Crippen LogP contribution in [0, 0.1) is 27.7 Å². The predicted octanol–water partition coefficient (Wildman–Crippen LogP) is 3.25. The molecule has 3 heterocycles. The van der Waals surface area contributed by atoms with Crippen molar-refractivity contribution in [3.63, 3.8) is 0 Å². The van der Waals surface area contributed by atoms with Gasteiger partial charge in [-0.15, -0.1) is 0 Å². The molecule has 1 aromatic carbocycles. The largest absolute Gasteiger partial charge is 0.341 e. The zero-order valence-electron chi connectivity index (χ0n) is 17.6. The summed E-state index contributed by atoms with van der Waals surface area (Å²) >= 11 is 0. The van der Waals surface area contributed by atoms with Crippen molar-refractivity contribution in [2.24, 2.45) is 0 Å². The Morgan fingerprint density at radius 1 is 1.03 bits per heavy atom. The van der Waals surface area contributed by atoms with E-state index in [1.807, 2.05) is 47.8 Å². The van der Waals surface area contributed by atoms with Gasteiger partial charge in [-0.2, -0.15) is 5.10 Å². The molecule has 2 aliphatic heterocycles. The van der Waals surface area contributed by atoms with E-state index in [0.29, 0.717) is 13.0 Å². The van der Waals surface area contributed by atoms with Gasteiger partial charge >= 0.3 is 0 Å². The third kappa shape index (κ3) is 3.71. The van der Waals surface area contributed by atoms with Crippen LogP contribution in [0.5, 0.6) is 0 Å². The summed E-state index contributed by atoms with van der Waals surface area (Å²) in [5.74, 6) is 0.0958. The molecule has 0 spiro atoms. The molecule has 2 unspecified atom stereocenters. The predicted molar refractivity (Wildman–Crippen MR) is 113 cm³/mol. The molecule has 152 valence electrons. The van der Waals surface area contributed by atoms with E-state index >= 15 is 0 Å². The fraction of sp³-hybridized carbons (Fsp3) is 0.435. The van der Waals surface area contributed by atoms with Gasteiger partial charge in [-0.05, 0) is 69.5 Å². The van der Waals surface area contributed by atoms with Gasteiger partial charge in [0.1, 0.15) is 6.04 Å². The summed E-state index contributed by atoms with van der Waals surface area (Å²) in [4.78, 5) is 29.3. The maximum absolute atomic E-state index is 13.0. The monoisotopic (exact) mass is 392 g/mol. The second-order valence-electron chi connectivity index (χ2n) is 8.26. The van der Waals surface area contributed by atoms with Gasteiger partial charge in [0.05, 0.1) is 18.3 Å². The number of ketones is 1. The van der Waals surface area contributed by atoms with Gasteiger partial charge in [0, 0.05) is 30.5 Å². The number of piperidine rings is 1. The van der Waals surface area contributed by atoms with Crippen LogP contribution in [0.4, 0.5) is 5.69 Å². The highest BCUT2D eigenvalue weighted by molar-refractivity contribution is 5.95. The van der Waals surface area contributed by atoms with Crippen molar-refractivity contribution in [3.05, 3.63) is 59.1 Å². The minimum Gasteiger partial charge on any atom is -0.341 e. The lowest BCUT2D eigenvalue weighted by molar-refractivity contribution is -0.141. The lowest BCUT2D eigenvalue weighted by Gasteiger charge is -2.39. The minimum atomic E-state index is -0.495. The topological polar surface area (TPSA) is 58.4 Å². The zero-order chi connectivity index (χ0) is 20.7. The van der Waals surface area contributed by atoms with E-state index in [1.165, 1.54) is 11.1 Å². The number of aryl methyl sites for hydroxylation is 4. The number of carbonyl (C=O) groups is 2. The molecule has 1 fully saturated rings. The number of hydrogen-bond acceptors (Lipinski definition) is 4. The van der Waals surface area contributed by atoms with Crippen molar-refractivity contribution >= 4 is 17.4 Å². The first-order valence-electron chi connectivity index (χ1n) is 10.2. The summed E-state index contributed by atoms with van der Waals surface area (Å²) in [6, 6.07) is 7.87. The van der Waals surface area contributed by atoms with Gasteiger partial charge in [-0.1, -0.05) is 6.07 Å². The average Bonchev–Trinajstić information content (AvgIpc) is 3.03. The Bertz CT molecular complexity index is 991. The molecule has 0 bridgehead atoms. The number of aromatic nitrogens is 2. The SMILES string of the molecule is Cc1cc(C)n(C2CCC(=O)N(C3C=CN(c4ccc(C)c(C)c4)CC3=O)C2)n1. The second-order valence-corrected chi connectivity index (χ2v) is 8.26. The first-order chi connectivity index (χ1) is 13.8. The third-order valence-corrected chi connectivity index (χ3v) is 6.07. The number of anilines is 1. The molecule has 1 aromatic heterocycles. The van der Waals surface area contributed by atoms with Crippen LogP contribution in [0.3, 0.4) is 0 Å². The van der Waals surface area contributed by atoms with Crippen molar-refractivity contribution in [3.8, 4) is 0 Å². The van der Waals surface area contributed by atoms with Crippen molar-refractivity contribution in [2.75, 3.05) is 18.0 Å². The maximum Gasteiger partial charge on any atom is 0.223 e. The molecule has 6 nitrogen and oxygen atoms in total. The quantitative estimate of drug-likeness (QED) is 0.805. The van der Waals surface area contributed by atoms with E-state index in [1.54, 1.807) is 4.90 Å². The molecule has 1 saturated heterocycles. The van der Waals surface area contributed by atoms with E-state index in [4.69, 9.17) is 0 Å². The van der Waals surface area contributed by atoms with Crippen LogP contribution in [0.25, 0.3) is 0 Å². The Morgan fingerprint density at radius 3 is 2.48 bits per heavy atom. The molecule has 29 heavy (non-hydrogen) atoms. The summed E-state index contributed by atoms with van der Waals surface area (Å²) in [7, 11) is 0. The smallest absolute Gasteiger partial charge is 0.223 e. The summed E-state index contributed by atoms with van der Waals surface area (Å²) in [6.45, 7) is 8.96. The van der Waals surface area contributed by atoms with Gasteiger partial charge in [-0.25, -0.2) is 0 Å². The van der Waals surface area contributed by atoms with E-state index in [2.05, 4.69) is 31.1 Å². The van der Waals surface area contributed by atoms with Crippen molar-refractivity contribution < 1.29 is 9.59 Å². The number of nitrogens with zero attached hydrogens (tertiary/aromatic N) is 4. The second kappa shape index (κ2) is 7.50. The molecule has 0 aliphatic carbocycles. The van der Waals surface area contributed by atoms with Crippen LogP contribution in [0.15, 0.2) is 36.5 Å². The van der Waals surface area contributed by atoms with Crippen LogP contribution in [0.2, 0.25) is 0 Å².